The quantitative estimate of drug-likeness (QED) is 0.634. The molecule has 0 aliphatic carbocycles. The average molecular weight is 194 g/mol. The summed E-state index contributed by atoms with van der Waals surface area (Å²) < 4.78 is 0. The van der Waals surface area contributed by atoms with Gasteiger partial charge in [-0.15, -0.1) is 6.42 Å². The predicted octanol–water partition coefficient (Wildman–Crippen LogP) is 0.656. The molecule has 1 fully saturated rings. The van der Waals surface area contributed by atoms with Crippen LogP contribution in [0.3, 0.4) is 0 Å². The number of carbonyl (C=O) groups is 1. The summed E-state index contributed by atoms with van der Waals surface area (Å²) in [4.78, 5) is 11.7. The molecule has 0 radical (unpaired) electrons. The van der Waals surface area contributed by atoms with E-state index in [2.05, 4.69) is 16.6 Å². The molecule has 1 saturated heterocycles. The molecule has 2 atom stereocenters. The summed E-state index contributed by atoms with van der Waals surface area (Å²) in [7, 11) is 0. The van der Waals surface area contributed by atoms with Crippen molar-refractivity contribution in [2.24, 2.45) is 0 Å². The Bertz CT molecular complexity index is 224. The molecule has 2 N–H and O–H groups in total. The molecule has 0 spiro atoms. The summed E-state index contributed by atoms with van der Waals surface area (Å²) in [5, 5.41) is 6.02. The summed E-state index contributed by atoms with van der Waals surface area (Å²) >= 11 is 0. The fourth-order valence-corrected chi connectivity index (χ4v) is 1.61. The zero-order chi connectivity index (χ0) is 10.4. The molecule has 1 aliphatic heterocycles. The van der Waals surface area contributed by atoms with Gasteiger partial charge in [0.05, 0.1) is 12.1 Å². The van der Waals surface area contributed by atoms with Crippen LogP contribution in [0.1, 0.15) is 32.6 Å². The summed E-state index contributed by atoms with van der Waals surface area (Å²) in [6, 6.07) is -0.221. The van der Waals surface area contributed by atoms with Crippen LogP contribution in [-0.2, 0) is 4.79 Å². The lowest BCUT2D eigenvalue weighted by atomic mass is 10.1. The van der Waals surface area contributed by atoms with E-state index in [4.69, 9.17) is 6.42 Å². The molecule has 0 aromatic heterocycles. The van der Waals surface area contributed by atoms with Crippen LogP contribution in [0.4, 0.5) is 0 Å². The van der Waals surface area contributed by atoms with Crippen LogP contribution in [-0.4, -0.2) is 24.5 Å². The summed E-state index contributed by atoms with van der Waals surface area (Å²) in [6.07, 6.45) is 9.61. The third-order valence-corrected chi connectivity index (χ3v) is 2.49. The number of rotatable bonds is 2. The number of nitrogens with one attached hydrogen (secondary N) is 2. The van der Waals surface area contributed by atoms with Gasteiger partial charge in [-0.25, -0.2) is 0 Å². The molecule has 1 heterocycles. The SMILES string of the molecule is C#CC(C)NC(=O)C1CCCCCN1. The maximum Gasteiger partial charge on any atom is 0.238 e. The predicted molar refractivity (Wildman–Crippen MR) is 56.7 cm³/mol. The smallest absolute Gasteiger partial charge is 0.238 e. The highest BCUT2D eigenvalue weighted by Gasteiger charge is 2.19. The van der Waals surface area contributed by atoms with Gasteiger partial charge in [0, 0.05) is 0 Å². The number of amides is 1. The molecular formula is C11H18N2O. The van der Waals surface area contributed by atoms with Crippen LogP contribution in [0.5, 0.6) is 0 Å². The lowest BCUT2D eigenvalue weighted by molar-refractivity contribution is -0.123. The first-order valence-electron chi connectivity index (χ1n) is 5.24. The minimum Gasteiger partial charge on any atom is -0.341 e. The summed E-state index contributed by atoms with van der Waals surface area (Å²) in [6.45, 7) is 2.75. The third-order valence-electron chi connectivity index (χ3n) is 2.49. The molecule has 1 amide bonds. The third kappa shape index (κ3) is 3.39. The van der Waals surface area contributed by atoms with Crippen molar-refractivity contribution in [1.82, 2.24) is 10.6 Å². The van der Waals surface area contributed by atoms with Crippen LogP contribution in [0.15, 0.2) is 0 Å². The van der Waals surface area contributed by atoms with Gasteiger partial charge in [0.15, 0.2) is 0 Å². The Morgan fingerprint density at radius 2 is 2.36 bits per heavy atom. The van der Waals surface area contributed by atoms with Crippen molar-refractivity contribution in [3.8, 4) is 12.3 Å². The van der Waals surface area contributed by atoms with Gasteiger partial charge in [-0.3, -0.25) is 4.79 Å². The lowest BCUT2D eigenvalue weighted by Crippen LogP contribution is -2.46. The Kier molecular flexibility index (Phi) is 4.48. The summed E-state index contributed by atoms with van der Waals surface area (Å²) in [5.41, 5.74) is 0. The second-order valence-electron chi connectivity index (χ2n) is 3.75. The first-order valence-corrected chi connectivity index (χ1v) is 5.24. The van der Waals surface area contributed by atoms with Crippen LogP contribution < -0.4 is 10.6 Å². The van der Waals surface area contributed by atoms with E-state index in [-0.39, 0.29) is 18.0 Å². The minimum atomic E-state index is -0.174. The fourth-order valence-electron chi connectivity index (χ4n) is 1.61. The average Bonchev–Trinajstić information content (AvgIpc) is 2.45. The molecule has 78 valence electrons. The zero-order valence-electron chi connectivity index (χ0n) is 8.68. The Morgan fingerprint density at radius 3 is 3.07 bits per heavy atom. The van der Waals surface area contributed by atoms with Crippen LogP contribution in [0.2, 0.25) is 0 Å². The van der Waals surface area contributed by atoms with E-state index in [1.54, 1.807) is 0 Å². The molecule has 2 unspecified atom stereocenters. The first kappa shape index (κ1) is 11.1. The van der Waals surface area contributed by atoms with Crippen molar-refractivity contribution < 1.29 is 4.79 Å². The van der Waals surface area contributed by atoms with Gasteiger partial charge >= 0.3 is 0 Å². The van der Waals surface area contributed by atoms with Crippen molar-refractivity contribution >= 4 is 5.91 Å². The van der Waals surface area contributed by atoms with Crippen molar-refractivity contribution in [2.75, 3.05) is 6.54 Å². The van der Waals surface area contributed by atoms with E-state index < -0.39 is 0 Å². The highest BCUT2D eigenvalue weighted by Crippen LogP contribution is 2.08. The van der Waals surface area contributed by atoms with E-state index in [0.717, 1.165) is 25.8 Å². The largest absolute Gasteiger partial charge is 0.341 e. The van der Waals surface area contributed by atoms with E-state index in [1.807, 2.05) is 6.92 Å². The normalized spacial score (nSPS) is 24.4. The molecule has 3 nitrogen and oxygen atoms in total. The second-order valence-corrected chi connectivity index (χ2v) is 3.75. The molecule has 1 rings (SSSR count). The monoisotopic (exact) mass is 194 g/mol. The van der Waals surface area contributed by atoms with Crippen molar-refractivity contribution in [3.05, 3.63) is 0 Å². The Balaban J connectivity index is 2.38. The summed E-state index contributed by atoms with van der Waals surface area (Å²) in [5.74, 6) is 2.53. The Hall–Kier alpha value is -1.01. The molecule has 3 heteroatoms. The van der Waals surface area contributed by atoms with Gasteiger partial charge in [-0.05, 0) is 26.3 Å². The molecular weight excluding hydrogens is 176 g/mol. The standard InChI is InChI=1S/C11H18N2O/c1-3-9(2)13-11(14)10-7-5-4-6-8-12-10/h1,9-10,12H,4-8H2,2H3,(H,13,14). The molecule has 1 aliphatic rings. The maximum atomic E-state index is 11.7. The van der Waals surface area contributed by atoms with E-state index in [1.165, 1.54) is 6.42 Å². The van der Waals surface area contributed by atoms with Gasteiger partial charge < -0.3 is 10.6 Å². The van der Waals surface area contributed by atoms with E-state index >= 15 is 0 Å². The molecule has 0 aromatic rings. The highest BCUT2D eigenvalue weighted by molar-refractivity contribution is 5.82. The molecule has 14 heavy (non-hydrogen) atoms. The van der Waals surface area contributed by atoms with Crippen molar-refractivity contribution in [2.45, 2.75) is 44.7 Å². The Labute approximate surface area is 85.6 Å². The molecule has 0 aromatic carbocycles. The Morgan fingerprint density at radius 1 is 1.57 bits per heavy atom. The number of carbonyl (C=O) groups excluding carboxylic acids is 1. The van der Waals surface area contributed by atoms with Crippen LogP contribution in [0, 0.1) is 12.3 Å². The molecule has 0 saturated carbocycles. The van der Waals surface area contributed by atoms with Gasteiger partial charge in [-0.2, -0.15) is 0 Å². The van der Waals surface area contributed by atoms with Gasteiger partial charge in [0.2, 0.25) is 5.91 Å². The number of terminal acetylenes is 1. The van der Waals surface area contributed by atoms with Gasteiger partial charge in [0.25, 0.3) is 0 Å². The highest BCUT2D eigenvalue weighted by atomic mass is 16.2. The fraction of sp³-hybridized carbons (Fsp3) is 0.727. The van der Waals surface area contributed by atoms with E-state index in [0.29, 0.717) is 0 Å². The zero-order valence-corrected chi connectivity index (χ0v) is 8.68. The van der Waals surface area contributed by atoms with Crippen LogP contribution in [0.25, 0.3) is 0 Å². The van der Waals surface area contributed by atoms with Crippen LogP contribution >= 0.6 is 0 Å². The first-order chi connectivity index (χ1) is 6.74. The minimum absolute atomic E-state index is 0.0392. The van der Waals surface area contributed by atoms with Crippen molar-refractivity contribution in [3.63, 3.8) is 0 Å². The van der Waals surface area contributed by atoms with E-state index in [9.17, 15) is 4.79 Å². The number of hydrogen-bond acceptors (Lipinski definition) is 2. The lowest BCUT2D eigenvalue weighted by Gasteiger charge is -2.16. The number of hydrogen-bond donors (Lipinski definition) is 2. The maximum absolute atomic E-state index is 11.7. The second kappa shape index (κ2) is 5.66. The van der Waals surface area contributed by atoms with Gasteiger partial charge in [-0.1, -0.05) is 18.8 Å². The topological polar surface area (TPSA) is 41.1 Å². The van der Waals surface area contributed by atoms with Crippen molar-refractivity contribution in [1.29, 1.82) is 0 Å². The van der Waals surface area contributed by atoms with Gasteiger partial charge in [0.1, 0.15) is 0 Å². The molecule has 0 bridgehead atoms.